The van der Waals surface area contributed by atoms with Crippen LogP contribution in [0, 0.1) is 0 Å². The molecule has 1 saturated heterocycles. The van der Waals surface area contributed by atoms with Crippen molar-refractivity contribution in [3.05, 3.63) is 11.1 Å². The molecule has 0 radical (unpaired) electrons. The fourth-order valence-corrected chi connectivity index (χ4v) is 2.85. The molecule has 1 aromatic rings. The van der Waals surface area contributed by atoms with Gasteiger partial charge in [0.1, 0.15) is 0 Å². The molecule has 1 aliphatic heterocycles. The highest BCUT2D eigenvalue weighted by atomic mass is 32.1. The molecule has 0 aromatic carbocycles. The summed E-state index contributed by atoms with van der Waals surface area (Å²) in [6, 6.07) is 0. The summed E-state index contributed by atoms with van der Waals surface area (Å²) in [6.07, 6.45) is 2.46. The van der Waals surface area contributed by atoms with Crippen LogP contribution in [0.5, 0.6) is 0 Å². The second-order valence-corrected chi connectivity index (χ2v) is 5.80. The molecule has 122 valence electrons. The number of esters is 1. The number of aromatic nitrogens is 1. The highest BCUT2D eigenvalue weighted by molar-refractivity contribution is 7.13. The third-order valence-electron chi connectivity index (χ3n) is 3.11. The third-order valence-corrected chi connectivity index (χ3v) is 3.92. The summed E-state index contributed by atoms with van der Waals surface area (Å²) in [6.45, 7) is 3.81. The summed E-state index contributed by atoms with van der Waals surface area (Å²) >= 11 is 1.29. The van der Waals surface area contributed by atoms with Gasteiger partial charge in [-0.15, -0.1) is 11.3 Å². The van der Waals surface area contributed by atoms with Gasteiger partial charge in [-0.2, -0.15) is 0 Å². The molecule has 22 heavy (non-hydrogen) atoms. The van der Waals surface area contributed by atoms with Crippen molar-refractivity contribution in [3.8, 4) is 0 Å². The lowest BCUT2D eigenvalue weighted by Gasteiger charge is -2.09. The molecule has 2 N–H and O–H groups in total. The Morgan fingerprint density at radius 3 is 3.14 bits per heavy atom. The van der Waals surface area contributed by atoms with Crippen molar-refractivity contribution in [1.82, 2.24) is 10.3 Å². The molecule has 1 aliphatic rings. The average molecular weight is 327 g/mol. The van der Waals surface area contributed by atoms with Gasteiger partial charge in [-0.05, 0) is 19.8 Å². The van der Waals surface area contributed by atoms with E-state index in [-0.39, 0.29) is 30.9 Å². The zero-order valence-electron chi connectivity index (χ0n) is 12.6. The number of hydrogen-bond acceptors (Lipinski definition) is 7. The average Bonchev–Trinajstić information content (AvgIpc) is 3.11. The summed E-state index contributed by atoms with van der Waals surface area (Å²) in [5.41, 5.74) is 0.603. The van der Waals surface area contributed by atoms with Crippen LogP contribution in [0.15, 0.2) is 5.38 Å². The molecule has 1 fully saturated rings. The minimum Gasteiger partial charge on any atom is -0.466 e. The molecule has 0 bridgehead atoms. The Morgan fingerprint density at radius 2 is 2.41 bits per heavy atom. The minimum absolute atomic E-state index is 0.122. The van der Waals surface area contributed by atoms with Crippen LogP contribution in [-0.4, -0.2) is 49.3 Å². The quantitative estimate of drug-likeness (QED) is 0.691. The van der Waals surface area contributed by atoms with Gasteiger partial charge in [0.05, 0.1) is 31.4 Å². The Hall–Kier alpha value is -1.51. The molecule has 0 spiro atoms. The first kappa shape index (κ1) is 16.9. The van der Waals surface area contributed by atoms with Gasteiger partial charge >= 0.3 is 5.97 Å². The van der Waals surface area contributed by atoms with E-state index in [1.165, 1.54) is 11.3 Å². The predicted octanol–water partition coefficient (Wildman–Crippen LogP) is 0.956. The summed E-state index contributed by atoms with van der Waals surface area (Å²) < 4.78 is 10.3. The topological polar surface area (TPSA) is 89.5 Å². The zero-order chi connectivity index (χ0) is 15.8. The van der Waals surface area contributed by atoms with E-state index in [1.807, 2.05) is 0 Å². The van der Waals surface area contributed by atoms with Crippen molar-refractivity contribution in [2.24, 2.45) is 0 Å². The number of ether oxygens (including phenoxy) is 2. The zero-order valence-corrected chi connectivity index (χ0v) is 13.4. The third kappa shape index (κ3) is 5.70. The molecule has 7 nitrogen and oxygen atoms in total. The van der Waals surface area contributed by atoms with Gasteiger partial charge in [0, 0.05) is 18.5 Å². The van der Waals surface area contributed by atoms with Crippen LogP contribution in [0.3, 0.4) is 0 Å². The van der Waals surface area contributed by atoms with Gasteiger partial charge in [-0.25, -0.2) is 4.98 Å². The molecule has 1 amide bonds. The standard InChI is InChI=1S/C14H21N3O4S/c1-2-20-13(19)6-10-9-22-14(16-10)17-12(18)8-15-7-11-4-3-5-21-11/h9,11,15H,2-8H2,1H3,(H,16,17,18). The van der Waals surface area contributed by atoms with Gasteiger partial charge in [0.15, 0.2) is 5.13 Å². The molecule has 0 saturated carbocycles. The van der Waals surface area contributed by atoms with E-state index in [0.717, 1.165) is 19.4 Å². The maximum Gasteiger partial charge on any atom is 0.311 e. The van der Waals surface area contributed by atoms with Crippen molar-refractivity contribution in [1.29, 1.82) is 0 Å². The number of amides is 1. The lowest BCUT2D eigenvalue weighted by atomic mass is 10.2. The first-order chi connectivity index (χ1) is 10.7. The second-order valence-electron chi connectivity index (χ2n) is 4.94. The summed E-state index contributed by atoms with van der Waals surface area (Å²) in [7, 11) is 0. The van der Waals surface area contributed by atoms with Crippen LogP contribution < -0.4 is 10.6 Å². The summed E-state index contributed by atoms with van der Waals surface area (Å²) in [4.78, 5) is 27.3. The Kier molecular flexibility index (Phi) is 6.75. The molecule has 1 aromatic heterocycles. The first-order valence-electron chi connectivity index (χ1n) is 7.39. The van der Waals surface area contributed by atoms with Crippen molar-refractivity contribution >= 4 is 28.3 Å². The lowest BCUT2D eigenvalue weighted by Crippen LogP contribution is -2.33. The van der Waals surface area contributed by atoms with E-state index >= 15 is 0 Å². The van der Waals surface area contributed by atoms with Crippen molar-refractivity contribution in [2.75, 3.05) is 31.6 Å². The fraction of sp³-hybridized carbons (Fsp3) is 0.643. The second kappa shape index (κ2) is 8.82. The molecule has 1 unspecified atom stereocenters. The van der Waals surface area contributed by atoms with E-state index in [1.54, 1.807) is 12.3 Å². The van der Waals surface area contributed by atoms with E-state index in [4.69, 9.17) is 9.47 Å². The van der Waals surface area contributed by atoms with Gasteiger partial charge in [0.25, 0.3) is 0 Å². The Labute approximate surface area is 133 Å². The number of hydrogen-bond donors (Lipinski definition) is 2. The number of nitrogens with zero attached hydrogens (tertiary/aromatic N) is 1. The van der Waals surface area contributed by atoms with E-state index < -0.39 is 0 Å². The lowest BCUT2D eigenvalue weighted by molar-refractivity contribution is -0.142. The highest BCUT2D eigenvalue weighted by Gasteiger charge is 2.15. The van der Waals surface area contributed by atoms with Crippen LogP contribution in [0.1, 0.15) is 25.5 Å². The molecule has 2 rings (SSSR count). The van der Waals surface area contributed by atoms with Crippen LogP contribution in [0.2, 0.25) is 0 Å². The molecular weight excluding hydrogens is 306 g/mol. The molecular formula is C14H21N3O4S. The Bertz CT molecular complexity index is 500. The minimum atomic E-state index is -0.316. The van der Waals surface area contributed by atoms with Crippen LogP contribution in [0.4, 0.5) is 5.13 Å². The van der Waals surface area contributed by atoms with Crippen molar-refractivity contribution < 1.29 is 19.1 Å². The smallest absolute Gasteiger partial charge is 0.311 e. The molecule has 0 aliphatic carbocycles. The molecule has 1 atom stereocenters. The summed E-state index contributed by atoms with van der Waals surface area (Å²) in [5.74, 6) is -0.473. The monoisotopic (exact) mass is 327 g/mol. The highest BCUT2D eigenvalue weighted by Crippen LogP contribution is 2.16. The van der Waals surface area contributed by atoms with Gasteiger partial charge in [0.2, 0.25) is 5.91 Å². The first-order valence-corrected chi connectivity index (χ1v) is 8.27. The van der Waals surface area contributed by atoms with Crippen LogP contribution in [0.25, 0.3) is 0 Å². The fourth-order valence-electron chi connectivity index (χ4n) is 2.12. The number of carbonyl (C=O) groups excluding carboxylic acids is 2. The van der Waals surface area contributed by atoms with Crippen LogP contribution in [-0.2, 0) is 25.5 Å². The number of rotatable bonds is 8. The largest absolute Gasteiger partial charge is 0.466 e. The SMILES string of the molecule is CCOC(=O)Cc1csc(NC(=O)CNCC2CCCO2)n1. The van der Waals surface area contributed by atoms with E-state index in [0.29, 0.717) is 24.0 Å². The van der Waals surface area contributed by atoms with Gasteiger partial charge in [-0.1, -0.05) is 0 Å². The number of thiazole rings is 1. The Balaban J connectivity index is 1.67. The number of carbonyl (C=O) groups is 2. The Morgan fingerprint density at radius 1 is 1.55 bits per heavy atom. The molecule has 2 heterocycles. The van der Waals surface area contributed by atoms with E-state index in [9.17, 15) is 9.59 Å². The summed E-state index contributed by atoms with van der Waals surface area (Å²) in [5, 5.41) is 8.01. The van der Waals surface area contributed by atoms with Crippen LogP contribution >= 0.6 is 11.3 Å². The maximum atomic E-state index is 11.8. The maximum absolute atomic E-state index is 11.8. The van der Waals surface area contributed by atoms with Gasteiger partial charge < -0.3 is 20.1 Å². The predicted molar refractivity (Wildman–Crippen MR) is 82.9 cm³/mol. The van der Waals surface area contributed by atoms with Crippen molar-refractivity contribution in [3.63, 3.8) is 0 Å². The number of anilines is 1. The number of nitrogens with one attached hydrogen (secondary N) is 2. The van der Waals surface area contributed by atoms with Gasteiger partial charge in [-0.3, -0.25) is 9.59 Å². The normalized spacial score (nSPS) is 17.4. The van der Waals surface area contributed by atoms with Crippen molar-refractivity contribution in [2.45, 2.75) is 32.3 Å². The molecule has 8 heteroatoms. The van der Waals surface area contributed by atoms with E-state index in [2.05, 4.69) is 15.6 Å².